The first-order chi connectivity index (χ1) is 23.6. The van der Waals surface area contributed by atoms with Gasteiger partial charge in [-0.3, -0.25) is 0 Å². The Morgan fingerprint density at radius 2 is 1.10 bits per heavy atom. The van der Waals surface area contributed by atoms with Crippen LogP contribution in [0, 0.1) is 0 Å². The maximum Gasteiger partial charge on any atom is 0.234 e. The number of fused-ring (bicyclic) bond motifs is 6. The summed E-state index contributed by atoms with van der Waals surface area (Å²) in [4.78, 5) is 18.1. The van der Waals surface area contributed by atoms with Gasteiger partial charge < -0.3 is 4.90 Å². The van der Waals surface area contributed by atoms with E-state index in [2.05, 4.69) is 164 Å². The van der Waals surface area contributed by atoms with E-state index in [-0.39, 0.29) is 5.41 Å². The second kappa shape index (κ2) is 11.1. The molecule has 230 valence electrons. The summed E-state index contributed by atoms with van der Waals surface area (Å²) in [5.74, 6) is 1.96. The summed E-state index contributed by atoms with van der Waals surface area (Å²) in [6.45, 7) is 5.30. The second-order valence-electron chi connectivity index (χ2n) is 13.2. The number of allylic oxidation sites excluding steroid dienone is 3. The molecule has 7 aromatic rings. The van der Waals surface area contributed by atoms with Crippen LogP contribution >= 0.6 is 0 Å². The van der Waals surface area contributed by atoms with Crippen LogP contribution in [0.15, 0.2) is 151 Å². The number of hydrogen-bond acceptors (Lipinski definition) is 4. The minimum Gasteiger partial charge on any atom is -0.306 e. The fourth-order valence-electron chi connectivity index (χ4n) is 7.67. The molecule has 0 amide bonds. The van der Waals surface area contributed by atoms with Crippen LogP contribution in [0.1, 0.15) is 30.5 Å². The van der Waals surface area contributed by atoms with E-state index in [1.54, 1.807) is 0 Å². The Morgan fingerprint density at radius 1 is 0.542 bits per heavy atom. The maximum atomic E-state index is 5.30. The number of para-hydroxylation sites is 1. The van der Waals surface area contributed by atoms with Crippen LogP contribution in [0.4, 0.5) is 11.6 Å². The minimum atomic E-state index is -0.119. The van der Waals surface area contributed by atoms with Gasteiger partial charge in [-0.15, -0.1) is 0 Å². The second-order valence-corrected chi connectivity index (χ2v) is 13.2. The first-order valence-corrected chi connectivity index (χ1v) is 16.6. The Hall–Kier alpha value is -5.87. The van der Waals surface area contributed by atoms with Crippen LogP contribution in [0.5, 0.6) is 0 Å². The monoisotopic (exact) mass is 618 g/mol. The van der Waals surface area contributed by atoms with Crippen molar-refractivity contribution in [1.29, 1.82) is 0 Å². The molecule has 0 saturated heterocycles. The predicted molar refractivity (Wildman–Crippen MR) is 198 cm³/mol. The summed E-state index contributed by atoms with van der Waals surface area (Å²) in [6, 6.07) is 47.1. The van der Waals surface area contributed by atoms with Crippen molar-refractivity contribution in [2.45, 2.75) is 25.7 Å². The smallest absolute Gasteiger partial charge is 0.234 e. The van der Waals surface area contributed by atoms with E-state index in [9.17, 15) is 0 Å². The average molecular weight is 619 g/mol. The number of hydrogen-bond donors (Lipinski definition) is 0. The van der Waals surface area contributed by atoms with Gasteiger partial charge in [-0.1, -0.05) is 153 Å². The molecule has 2 aliphatic rings. The lowest BCUT2D eigenvalue weighted by Gasteiger charge is -2.26. The average Bonchev–Trinajstić information content (AvgIpc) is 3.40. The minimum absolute atomic E-state index is 0.119. The summed E-state index contributed by atoms with van der Waals surface area (Å²) in [7, 11) is 0. The van der Waals surface area contributed by atoms with Crippen LogP contribution in [-0.2, 0) is 11.8 Å². The molecule has 0 spiro atoms. The number of anilines is 2. The van der Waals surface area contributed by atoms with Gasteiger partial charge >= 0.3 is 0 Å². The van der Waals surface area contributed by atoms with Gasteiger partial charge in [-0.05, 0) is 61.9 Å². The van der Waals surface area contributed by atoms with Crippen LogP contribution < -0.4 is 4.90 Å². The van der Waals surface area contributed by atoms with Crippen molar-refractivity contribution in [1.82, 2.24) is 15.0 Å². The highest BCUT2D eigenvalue weighted by molar-refractivity contribution is 5.97. The van der Waals surface area contributed by atoms with Gasteiger partial charge in [0.2, 0.25) is 5.95 Å². The SMILES string of the molecule is CC1(C)C2=CCN(c3nc(-c4cccc5ccccc45)nc(-c4cccc5ccccc45)n3)c3ccccc3CC=C2c2ccccc21. The van der Waals surface area contributed by atoms with Crippen molar-refractivity contribution in [2.75, 3.05) is 11.4 Å². The molecule has 4 nitrogen and oxygen atoms in total. The quantitative estimate of drug-likeness (QED) is 0.198. The molecule has 1 aliphatic heterocycles. The third kappa shape index (κ3) is 4.56. The largest absolute Gasteiger partial charge is 0.306 e. The summed E-state index contributed by atoms with van der Waals surface area (Å²) >= 11 is 0. The Balaban J connectivity index is 1.29. The summed E-state index contributed by atoms with van der Waals surface area (Å²) in [5, 5.41) is 4.55. The summed E-state index contributed by atoms with van der Waals surface area (Å²) in [6.07, 6.45) is 5.62. The Bertz CT molecular complexity index is 2340. The molecule has 48 heavy (non-hydrogen) atoms. The van der Waals surface area contributed by atoms with Gasteiger partial charge in [0.05, 0.1) is 0 Å². The van der Waals surface area contributed by atoms with Crippen molar-refractivity contribution >= 4 is 38.8 Å². The molecule has 0 bridgehead atoms. The fraction of sp³-hybridized carbons (Fsp3) is 0.114. The number of rotatable bonds is 3. The third-order valence-electron chi connectivity index (χ3n) is 10.1. The topological polar surface area (TPSA) is 41.9 Å². The molecule has 1 aromatic heterocycles. The normalized spacial score (nSPS) is 15.1. The van der Waals surface area contributed by atoms with E-state index in [4.69, 9.17) is 15.0 Å². The van der Waals surface area contributed by atoms with Crippen molar-refractivity contribution in [3.8, 4) is 22.8 Å². The highest BCUT2D eigenvalue weighted by Gasteiger charge is 2.38. The van der Waals surface area contributed by atoms with E-state index in [1.807, 2.05) is 0 Å². The maximum absolute atomic E-state index is 5.30. The Kier molecular flexibility index (Phi) is 6.58. The lowest BCUT2D eigenvalue weighted by Crippen LogP contribution is -2.23. The van der Waals surface area contributed by atoms with Gasteiger partial charge in [0, 0.05) is 28.8 Å². The molecule has 0 saturated carbocycles. The van der Waals surface area contributed by atoms with E-state index < -0.39 is 0 Å². The molecule has 0 radical (unpaired) electrons. The van der Waals surface area contributed by atoms with Crippen LogP contribution in [-0.4, -0.2) is 21.5 Å². The van der Waals surface area contributed by atoms with E-state index in [0.29, 0.717) is 24.1 Å². The molecular formula is C44H34N4. The van der Waals surface area contributed by atoms with E-state index >= 15 is 0 Å². The van der Waals surface area contributed by atoms with Crippen molar-refractivity contribution < 1.29 is 0 Å². The highest BCUT2D eigenvalue weighted by Crippen LogP contribution is 2.50. The third-order valence-corrected chi connectivity index (χ3v) is 10.1. The lowest BCUT2D eigenvalue weighted by atomic mass is 9.82. The number of nitrogens with zero attached hydrogens (tertiary/aromatic N) is 4. The Labute approximate surface area is 280 Å². The molecule has 1 aliphatic carbocycles. The van der Waals surface area contributed by atoms with Gasteiger partial charge in [-0.25, -0.2) is 4.98 Å². The van der Waals surface area contributed by atoms with Crippen molar-refractivity contribution in [3.63, 3.8) is 0 Å². The number of benzene rings is 6. The molecule has 0 atom stereocenters. The molecule has 9 rings (SSSR count). The summed E-state index contributed by atoms with van der Waals surface area (Å²) < 4.78 is 0. The van der Waals surface area contributed by atoms with E-state index in [0.717, 1.165) is 44.8 Å². The zero-order valence-electron chi connectivity index (χ0n) is 27.1. The lowest BCUT2D eigenvalue weighted by molar-refractivity contribution is 0.658. The molecule has 6 aromatic carbocycles. The van der Waals surface area contributed by atoms with Gasteiger partial charge in [0.1, 0.15) is 0 Å². The van der Waals surface area contributed by atoms with E-state index in [1.165, 1.54) is 27.8 Å². The van der Waals surface area contributed by atoms with Crippen molar-refractivity contribution in [2.24, 2.45) is 0 Å². The molecule has 4 heteroatoms. The Morgan fingerprint density at radius 3 is 1.81 bits per heavy atom. The fourth-order valence-corrected chi connectivity index (χ4v) is 7.67. The number of aromatic nitrogens is 3. The van der Waals surface area contributed by atoms with Crippen LogP contribution in [0.2, 0.25) is 0 Å². The first kappa shape index (κ1) is 28.4. The predicted octanol–water partition coefficient (Wildman–Crippen LogP) is 10.5. The molecule has 0 fully saturated rings. The summed E-state index contributed by atoms with van der Waals surface area (Å²) in [5.41, 5.74) is 9.59. The molecular weight excluding hydrogens is 585 g/mol. The molecule has 0 unspecified atom stereocenters. The van der Waals surface area contributed by atoms with Crippen LogP contribution in [0.3, 0.4) is 0 Å². The standard InChI is InChI=1S/C44H34N4/c1-44(2)38-23-9-8-20-34(38)35-26-25-31-15-5-10-24-40(31)48(28-27-39(35)44)43-46-41(36-21-11-16-29-13-3-6-18-32(29)36)45-42(47-43)37-22-12-17-30-14-4-7-19-33(30)37/h3-24,26-27H,25,28H2,1-2H3. The zero-order chi connectivity index (χ0) is 32.2. The van der Waals surface area contributed by atoms with Gasteiger partial charge in [0.25, 0.3) is 0 Å². The molecule has 0 N–H and O–H groups in total. The van der Waals surface area contributed by atoms with Crippen LogP contribution in [0.25, 0.3) is 49.9 Å². The van der Waals surface area contributed by atoms with Crippen molar-refractivity contribution in [3.05, 3.63) is 168 Å². The molecule has 2 heterocycles. The van der Waals surface area contributed by atoms with Gasteiger partial charge in [-0.2, -0.15) is 9.97 Å². The van der Waals surface area contributed by atoms with Gasteiger partial charge in [0.15, 0.2) is 11.6 Å². The zero-order valence-corrected chi connectivity index (χ0v) is 27.1. The first-order valence-electron chi connectivity index (χ1n) is 16.6. The highest BCUT2D eigenvalue weighted by atomic mass is 15.3.